The Morgan fingerprint density at radius 2 is 2.31 bits per heavy atom. The normalized spacial score (nSPS) is 9.94. The fourth-order valence-corrected chi connectivity index (χ4v) is 1.16. The van der Waals surface area contributed by atoms with Gasteiger partial charge in [-0.05, 0) is 30.7 Å². The quantitative estimate of drug-likeness (QED) is 0.775. The molecular weight excluding hydrogens is 213 g/mol. The van der Waals surface area contributed by atoms with Crippen molar-refractivity contribution in [1.29, 1.82) is 0 Å². The summed E-state index contributed by atoms with van der Waals surface area (Å²) in [6.07, 6.45) is 0. The van der Waals surface area contributed by atoms with Crippen molar-refractivity contribution in [2.45, 2.75) is 6.92 Å². The highest BCUT2D eigenvalue weighted by atomic mass is 19.1. The molecule has 0 fully saturated rings. The van der Waals surface area contributed by atoms with Crippen LogP contribution in [0.2, 0.25) is 0 Å². The van der Waals surface area contributed by atoms with Gasteiger partial charge in [0.15, 0.2) is 6.61 Å². The Morgan fingerprint density at radius 3 is 2.94 bits per heavy atom. The van der Waals surface area contributed by atoms with Gasteiger partial charge in [-0.15, -0.1) is 0 Å². The molecule has 0 saturated carbocycles. The zero-order chi connectivity index (χ0) is 12.0. The van der Waals surface area contributed by atoms with E-state index in [2.05, 4.69) is 5.32 Å². The lowest BCUT2D eigenvalue weighted by Gasteiger charge is -2.08. The number of rotatable bonds is 5. The van der Waals surface area contributed by atoms with Gasteiger partial charge in [-0.2, -0.15) is 0 Å². The number of carbonyl (C=O) groups excluding carboxylic acids is 1. The molecule has 0 saturated heterocycles. The van der Waals surface area contributed by atoms with Crippen LogP contribution in [0.25, 0.3) is 0 Å². The molecule has 0 bridgehead atoms. The first-order valence-corrected chi connectivity index (χ1v) is 4.90. The predicted octanol–water partition coefficient (Wildman–Crippen LogP) is 0.621. The van der Waals surface area contributed by atoms with Gasteiger partial charge in [0.05, 0.1) is 6.61 Å². The van der Waals surface area contributed by atoms with Crippen LogP contribution in [0.1, 0.15) is 5.56 Å². The molecule has 88 valence electrons. The van der Waals surface area contributed by atoms with E-state index in [1.807, 2.05) is 0 Å². The Morgan fingerprint density at radius 1 is 1.56 bits per heavy atom. The highest BCUT2D eigenvalue weighted by Gasteiger charge is 2.04. The van der Waals surface area contributed by atoms with Crippen molar-refractivity contribution in [3.8, 4) is 5.75 Å². The molecular formula is C11H14FNO3. The molecule has 0 unspecified atom stereocenters. The molecule has 0 aliphatic rings. The second-order valence-electron chi connectivity index (χ2n) is 3.27. The molecule has 0 heterocycles. The molecule has 0 spiro atoms. The molecule has 5 heteroatoms. The third-order valence-electron chi connectivity index (χ3n) is 1.93. The summed E-state index contributed by atoms with van der Waals surface area (Å²) in [6.45, 7) is 1.64. The van der Waals surface area contributed by atoms with Crippen molar-refractivity contribution in [3.05, 3.63) is 29.6 Å². The van der Waals surface area contributed by atoms with E-state index in [1.54, 1.807) is 6.92 Å². The van der Waals surface area contributed by atoms with Crippen molar-refractivity contribution < 1.29 is 19.0 Å². The number of hydrogen-bond donors (Lipinski definition) is 2. The number of aliphatic hydroxyl groups excluding tert-OH is 1. The summed E-state index contributed by atoms with van der Waals surface area (Å²) >= 11 is 0. The largest absolute Gasteiger partial charge is 0.484 e. The lowest BCUT2D eigenvalue weighted by Crippen LogP contribution is -2.31. The van der Waals surface area contributed by atoms with Gasteiger partial charge in [0, 0.05) is 6.54 Å². The maximum atomic E-state index is 12.8. The molecule has 0 aromatic heterocycles. The number of carbonyl (C=O) groups is 1. The van der Waals surface area contributed by atoms with Crippen molar-refractivity contribution in [2.75, 3.05) is 19.8 Å². The molecule has 1 aromatic carbocycles. The minimum Gasteiger partial charge on any atom is -0.484 e. The fraction of sp³-hybridized carbons (Fsp3) is 0.364. The first-order valence-electron chi connectivity index (χ1n) is 4.90. The Bertz CT molecular complexity index is 368. The number of aryl methyl sites for hydroxylation is 1. The maximum Gasteiger partial charge on any atom is 0.258 e. The molecule has 1 amide bonds. The average molecular weight is 227 g/mol. The fourth-order valence-electron chi connectivity index (χ4n) is 1.16. The third-order valence-corrected chi connectivity index (χ3v) is 1.93. The second kappa shape index (κ2) is 6.07. The smallest absolute Gasteiger partial charge is 0.258 e. The Balaban J connectivity index is 2.45. The number of halogens is 1. The predicted molar refractivity (Wildman–Crippen MR) is 56.7 cm³/mol. The molecule has 0 atom stereocenters. The first-order chi connectivity index (χ1) is 7.63. The van der Waals surface area contributed by atoms with Crippen molar-refractivity contribution >= 4 is 5.91 Å². The van der Waals surface area contributed by atoms with Gasteiger partial charge >= 0.3 is 0 Å². The number of hydrogen-bond acceptors (Lipinski definition) is 3. The zero-order valence-corrected chi connectivity index (χ0v) is 9.00. The Kier molecular flexibility index (Phi) is 4.72. The van der Waals surface area contributed by atoms with Crippen LogP contribution in [0.3, 0.4) is 0 Å². The molecule has 0 radical (unpaired) electrons. The summed E-state index contributed by atoms with van der Waals surface area (Å²) in [5, 5.41) is 10.9. The molecule has 0 aliphatic heterocycles. The van der Waals surface area contributed by atoms with E-state index in [-0.39, 0.29) is 31.5 Å². The summed E-state index contributed by atoms with van der Waals surface area (Å²) < 4.78 is 17.9. The standard InChI is InChI=1S/C11H14FNO3/c1-8-6-9(12)2-3-10(8)16-7-11(15)13-4-5-14/h2-3,6,14H,4-5,7H2,1H3,(H,13,15). The van der Waals surface area contributed by atoms with Gasteiger partial charge in [0.2, 0.25) is 0 Å². The van der Waals surface area contributed by atoms with Gasteiger partial charge < -0.3 is 15.2 Å². The van der Waals surface area contributed by atoms with Gasteiger partial charge in [-0.25, -0.2) is 4.39 Å². The van der Waals surface area contributed by atoms with Crippen LogP contribution in [0, 0.1) is 12.7 Å². The van der Waals surface area contributed by atoms with Crippen LogP contribution in [-0.4, -0.2) is 30.8 Å². The van der Waals surface area contributed by atoms with Crippen LogP contribution >= 0.6 is 0 Å². The van der Waals surface area contributed by atoms with E-state index in [0.717, 1.165) is 0 Å². The van der Waals surface area contributed by atoms with Crippen LogP contribution in [0.15, 0.2) is 18.2 Å². The highest BCUT2D eigenvalue weighted by Crippen LogP contribution is 2.17. The van der Waals surface area contributed by atoms with Crippen molar-refractivity contribution in [2.24, 2.45) is 0 Å². The second-order valence-corrected chi connectivity index (χ2v) is 3.27. The van der Waals surface area contributed by atoms with E-state index < -0.39 is 0 Å². The number of ether oxygens (including phenoxy) is 1. The van der Waals surface area contributed by atoms with Crippen LogP contribution in [0.4, 0.5) is 4.39 Å². The van der Waals surface area contributed by atoms with Gasteiger partial charge in [0.25, 0.3) is 5.91 Å². The average Bonchev–Trinajstić information content (AvgIpc) is 2.25. The molecule has 1 rings (SSSR count). The highest BCUT2D eigenvalue weighted by molar-refractivity contribution is 5.77. The molecule has 1 aromatic rings. The van der Waals surface area contributed by atoms with Crippen LogP contribution in [-0.2, 0) is 4.79 Å². The number of amides is 1. The summed E-state index contributed by atoms with van der Waals surface area (Å²) in [5.74, 6) is -0.187. The molecule has 2 N–H and O–H groups in total. The minimum atomic E-state index is -0.338. The number of aliphatic hydroxyl groups is 1. The van der Waals surface area contributed by atoms with Crippen LogP contribution in [0.5, 0.6) is 5.75 Å². The zero-order valence-electron chi connectivity index (χ0n) is 9.00. The molecule has 4 nitrogen and oxygen atoms in total. The first kappa shape index (κ1) is 12.4. The Hall–Kier alpha value is -1.62. The van der Waals surface area contributed by atoms with Crippen molar-refractivity contribution in [3.63, 3.8) is 0 Å². The van der Waals surface area contributed by atoms with Gasteiger partial charge in [-0.3, -0.25) is 4.79 Å². The van der Waals surface area contributed by atoms with E-state index in [0.29, 0.717) is 11.3 Å². The lowest BCUT2D eigenvalue weighted by molar-refractivity contribution is -0.123. The monoisotopic (exact) mass is 227 g/mol. The summed E-state index contributed by atoms with van der Waals surface area (Å²) in [5.41, 5.74) is 0.634. The SMILES string of the molecule is Cc1cc(F)ccc1OCC(=O)NCCO. The van der Waals surface area contributed by atoms with Crippen molar-refractivity contribution in [1.82, 2.24) is 5.32 Å². The van der Waals surface area contributed by atoms with Gasteiger partial charge in [-0.1, -0.05) is 0 Å². The molecule has 0 aliphatic carbocycles. The number of nitrogens with one attached hydrogen (secondary N) is 1. The number of benzene rings is 1. The van der Waals surface area contributed by atoms with E-state index in [1.165, 1.54) is 18.2 Å². The summed E-state index contributed by atoms with van der Waals surface area (Å²) in [7, 11) is 0. The van der Waals surface area contributed by atoms with E-state index >= 15 is 0 Å². The third kappa shape index (κ3) is 3.86. The van der Waals surface area contributed by atoms with E-state index in [4.69, 9.17) is 9.84 Å². The van der Waals surface area contributed by atoms with Gasteiger partial charge in [0.1, 0.15) is 11.6 Å². The Labute approximate surface area is 93.0 Å². The summed E-state index contributed by atoms with van der Waals surface area (Å²) in [6, 6.07) is 4.08. The maximum absolute atomic E-state index is 12.8. The molecule has 16 heavy (non-hydrogen) atoms. The topological polar surface area (TPSA) is 58.6 Å². The van der Waals surface area contributed by atoms with Crippen LogP contribution < -0.4 is 10.1 Å². The van der Waals surface area contributed by atoms with E-state index in [9.17, 15) is 9.18 Å². The lowest BCUT2D eigenvalue weighted by atomic mass is 10.2. The minimum absolute atomic E-state index is 0.110. The summed E-state index contributed by atoms with van der Waals surface area (Å²) in [4.78, 5) is 11.1.